The Morgan fingerprint density at radius 1 is 0.650 bits per heavy atom. The second kappa shape index (κ2) is 7.38. The van der Waals surface area contributed by atoms with Crippen LogP contribution in [0, 0.1) is 0 Å². The molecule has 0 amide bonds. The van der Waals surface area contributed by atoms with Gasteiger partial charge in [-0.25, -0.2) is 0 Å². The van der Waals surface area contributed by atoms with Crippen molar-refractivity contribution in [2.24, 2.45) is 0 Å². The van der Waals surface area contributed by atoms with Crippen LogP contribution in [-0.2, 0) is 0 Å². The molecule has 4 heteroatoms. The third kappa shape index (κ3) is 2.52. The first-order valence-electron chi connectivity index (χ1n) is 13.7. The van der Waals surface area contributed by atoms with Gasteiger partial charge in [0.15, 0.2) is 0 Å². The molecule has 8 aromatic rings. The van der Waals surface area contributed by atoms with Gasteiger partial charge in [0.25, 0.3) is 0 Å². The number of fused-ring (bicyclic) bond motifs is 11. The van der Waals surface area contributed by atoms with E-state index in [4.69, 9.17) is 4.42 Å². The fourth-order valence-corrected chi connectivity index (χ4v) is 8.24. The fraction of sp³-hybridized carbons (Fsp3) is 0.0278. The van der Waals surface area contributed by atoms with Gasteiger partial charge in [0, 0.05) is 61.3 Å². The minimum atomic E-state index is 0.0753. The molecule has 0 N–H and O–H groups in total. The molecule has 1 aliphatic carbocycles. The maximum Gasteiger partial charge on any atom is 0.236 e. The maximum atomic E-state index is 6.35. The summed E-state index contributed by atoms with van der Waals surface area (Å²) in [5.41, 5.74) is 8.05. The third-order valence-electron chi connectivity index (χ3n) is 8.68. The monoisotopic (exact) mass is 529 g/mol. The van der Waals surface area contributed by atoms with Crippen LogP contribution in [0.2, 0.25) is 0 Å². The van der Waals surface area contributed by atoms with E-state index in [0.29, 0.717) is 0 Å². The first-order valence-corrected chi connectivity index (χ1v) is 14.5. The lowest BCUT2D eigenvalue weighted by Crippen LogP contribution is -2.30. The number of para-hydroxylation sites is 2. The molecule has 2 aliphatic rings. The van der Waals surface area contributed by atoms with Gasteiger partial charge in [-0.3, -0.25) is 0 Å². The highest BCUT2D eigenvalue weighted by atomic mass is 32.1. The number of hydrogen-bond donors (Lipinski definition) is 0. The van der Waals surface area contributed by atoms with E-state index < -0.39 is 0 Å². The molecule has 1 aliphatic heterocycles. The predicted octanol–water partition coefficient (Wildman–Crippen LogP) is 10.0. The lowest BCUT2D eigenvalue weighted by atomic mass is 10.0. The molecule has 4 heterocycles. The minimum absolute atomic E-state index is 0.0753. The molecule has 0 spiro atoms. The van der Waals surface area contributed by atoms with E-state index in [-0.39, 0.29) is 6.04 Å². The maximum absolute atomic E-state index is 6.35. The number of allylic oxidation sites excluding steroid dienone is 4. The van der Waals surface area contributed by atoms with Gasteiger partial charge in [-0.2, -0.15) is 4.58 Å². The highest BCUT2D eigenvalue weighted by Gasteiger charge is 2.38. The van der Waals surface area contributed by atoms with Crippen LogP contribution in [0.1, 0.15) is 6.04 Å². The summed E-state index contributed by atoms with van der Waals surface area (Å²) in [4.78, 5) is 0. The Balaban J connectivity index is 1.35. The average Bonchev–Trinajstić information content (AvgIpc) is 3.67. The number of thiophene rings is 1. The Morgan fingerprint density at radius 2 is 1.45 bits per heavy atom. The Hall–Kier alpha value is -4.93. The van der Waals surface area contributed by atoms with Crippen molar-refractivity contribution in [1.82, 2.24) is 9.14 Å². The van der Waals surface area contributed by atoms with Gasteiger partial charge in [-0.05, 0) is 18.2 Å². The summed E-state index contributed by atoms with van der Waals surface area (Å²) in [6.07, 6.45) is 8.95. The van der Waals surface area contributed by atoms with E-state index in [1.165, 1.54) is 64.5 Å². The van der Waals surface area contributed by atoms with Gasteiger partial charge in [-0.15, -0.1) is 11.3 Å². The Bertz CT molecular complexity index is 2500. The zero-order valence-corrected chi connectivity index (χ0v) is 22.2. The number of hydrogen-bond acceptors (Lipinski definition) is 2. The minimum Gasteiger partial charge on any atom is -0.456 e. The Morgan fingerprint density at radius 3 is 2.40 bits per heavy atom. The number of rotatable bonds is 1. The van der Waals surface area contributed by atoms with Crippen molar-refractivity contribution in [2.45, 2.75) is 6.04 Å². The van der Waals surface area contributed by atoms with Crippen molar-refractivity contribution >= 4 is 92.3 Å². The molecule has 10 rings (SSSR count). The highest BCUT2D eigenvalue weighted by Crippen LogP contribution is 2.47. The summed E-state index contributed by atoms with van der Waals surface area (Å²) in [6.45, 7) is 0. The molecule has 1 unspecified atom stereocenters. The molecule has 0 bridgehead atoms. The predicted molar refractivity (Wildman–Crippen MR) is 170 cm³/mol. The molecule has 3 aromatic heterocycles. The van der Waals surface area contributed by atoms with E-state index in [9.17, 15) is 0 Å². The largest absolute Gasteiger partial charge is 0.456 e. The van der Waals surface area contributed by atoms with Gasteiger partial charge in [0.05, 0.1) is 5.52 Å². The zero-order chi connectivity index (χ0) is 25.9. The van der Waals surface area contributed by atoms with Crippen LogP contribution >= 0.6 is 11.3 Å². The van der Waals surface area contributed by atoms with Crippen molar-refractivity contribution in [2.75, 3.05) is 0 Å². The number of benzene rings is 5. The van der Waals surface area contributed by atoms with E-state index in [0.717, 1.165) is 16.6 Å². The van der Waals surface area contributed by atoms with Crippen LogP contribution in [0.5, 0.6) is 0 Å². The molecular formula is C36H21N2OS+. The normalized spacial score (nSPS) is 16.4. The molecule has 40 heavy (non-hydrogen) atoms. The van der Waals surface area contributed by atoms with E-state index in [2.05, 4.69) is 124 Å². The molecule has 0 radical (unpaired) electrons. The van der Waals surface area contributed by atoms with E-state index >= 15 is 0 Å². The van der Waals surface area contributed by atoms with E-state index in [1.54, 1.807) is 0 Å². The lowest BCUT2D eigenvalue weighted by Gasteiger charge is -2.24. The van der Waals surface area contributed by atoms with Gasteiger partial charge < -0.3 is 8.98 Å². The summed E-state index contributed by atoms with van der Waals surface area (Å²) in [7, 11) is 0. The zero-order valence-electron chi connectivity index (χ0n) is 21.3. The molecule has 3 nitrogen and oxygen atoms in total. The van der Waals surface area contributed by atoms with Gasteiger partial charge in [0.2, 0.25) is 17.1 Å². The van der Waals surface area contributed by atoms with Crippen molar-refractivity contribution in [3.8, 4) is 0 Å². The average molecular weight is 530 g/mol. The molecular weight excluding hydrogens is 508 g/mol. The van der Waals surface area contributed by atoms with Gasteiger partial charge in [-0.1, -0.05) is 78.9 Å². The van der Waals surface area contributed by atoms with Gasteiger partial charge in [0.1, 0.15) is 27.4 Å². The summed E-state index contributed by atoms with van der Waals surface area (Å²) in [5.74, 6) is 0. The van der Waals surface area contributed by atoms with Crippen molar-refractivity contribution in [3.63, 3.8) is 0 Å². The first-order chi connectivity index (χ1) is 19.8. The molecule has 0 saturated heterocycles. The molecule has 0 fully saturated rings. The highest BCUT2D eigenvalue weighted by molar-refractivity contribution is 7.26. The standard InChI is InChI=1S/C36H21N2OS/c1-5-17-32-21(9-1)26-19-25-23-11-7-15-29-35(23)38(31(25)20-33(26)39-32)28-14-4-3-13-27(28)37(29)30-16-8-12-24-22-10-2-6-18-34(22)40-36(24)30/h1-20,28H/q+1. The number of furan rings is 1. The van der Waals surface area contributed by atoms with Crippen molar-refractivity contribution < 1.29 is 4.42 Å². The van der Waals surface area contributed by atoms with Crippen LogP contribution in [0.3, 0.4) is 0 Å². The smallest absolute Gasteiger partial charge is 0.236 e. The van der Waals surface area contributed by atoms with Crippen molar-refractivity contribution in [3.05, 3.63) is 121 Å². The van der Waals surface area contributed by atoms with Crippen LogP contribution < -0.4 is 4.58 Å². The summed E-state index contributed by atoms with van der Waals surface area (Å²) in [5, 5.41) is 7.51. The summed E-state index contributed by atoms with van der Waals surface area (Å²) >= 11 is 1.88. The SMILES string of the molecule is C1=CC2=[N+](c3cccc4c3sc3ccccc34)c3cccc4c5cc6c(cc5n(c34)C2C=C1)oc1ccccc16. The topological polar surface area (TPSA) is 21.1 Å². The molecule has 1 atom stereocenters. The van der Waals surface area contributed by atoms with Crippen molar-refractivity contribution in [1.29, 1.82) is 0 Å². The van der Waals surface area contributed by atoms with Gasteiger partial charge >= 0.3 is 0 Å². The Kier molecular flexibility index (Phi) is 3.87. The second-order valence-corrected chi connectivity index (χ2v) is 11.8. The van der Waals surface area contributed by atoms with Crippen LogP contribution in [0.25, 0.3) is 63.9 Å². The third-order valence-corrected chi connectivity index (χ3v) is 9.89. The second-order valence-electron chi connectivity index (χ2n) is 10.7. The number of aromatic nitrogens is 1. The molecule has 186 valence electrons. The van der Waals surface area contributed by atoms with Crippen LogP contribution in [0.15, 0.2) is 126 Å². The molecule has 0 saturated carbocycles. The van der Waals surface area contributed by atoms with E-state index in [1.807, 2.05) is 17.4 Å². The van der Waals surface area contributed by atoms with Crippen LogP contribution in [-0.4, -0.2) is 10.3 Å². The first kappa shape index (κ1) is 21.0. The lowest BCUT2D eigenvalue weighted by molar-refractivity contribution is 0.669. The van der Waals surface area contributed by atoms with Crippen LogP contribution in [0.4, 0.5) is 11.4 Å². The molecule has 5 aromatic carbocycles. The Labute approximate surface area is 232 Å². The summed E-state index contributed by atoms with van der Waals surface area (Å²) < 4.78 is 14.0. The number of nitrogens with zero attached hydrogens (tertiary/aromatic N) is 2. The summed E-state index contributed by atoms with van der Waals surface area (Å²) in [6, 6.07) is 35.3. The quantitative estimate of drug-likeness (QED) is 0.194. The fourth-order valence-electron chi connectivity index (χ4n) is 7.03.